The smallest absolute Gasteiger partial charge is 0.280 e. The molecule has 140 valence electrons. The summed E-state index contributed by atoms with van der Waals surface area (Å²) in [5.74, 6) is -0.473. The number of hydrogen-bond donors (Lipinski definition) is 2. The van der Waals surface area contributed by atoms with Crippen molar-refractivity contribution in [1.29, 1.82) is 0 Å². The van der Waals surface area contributed by atoms with Crippen molar-refractivity contribution in [3.8, 4) is 0 Å². The Labute approximate surface area is 156 Å². The largest absolute Gasteiger partial charge is 0.322 e. The predicted molar refractivity (Wildman–Crippen MR) is 96.8 cm³/mol. The van der Waals surface area contributed by atoms with E-state index in [1.807, 2.05) is 0 Å². The first-order chi connectivity index (χ1) is 12.2. The van der Waals surface area contributed by atoms with Gasteiger partial charge in [-0.3, -0.25) is 9.48 Å². The fourth-order valence-corrected chi connectivity index (χ4v) is 4.40. The lowest BCUT2D eigenvalue weighted by atomic mass is 10.00. The Bertz CT molecular complexity index is 945. The summed E-state index contributed by atoms with van der Waals surface area (Å²) in [6.07, 6.45) is 3.51. The van der Waals surface area contributed by atoms with Crippen LogP contribution in [-0.4, -0.2) is 46.5 Å². The summed E-state index contributed by atoms with van der Waals surface area (Å²) >= 11 is 5.97. The summed E-state index contributed by atoms with van der Waals surface area (Å²) in [4.78, 5) is 16.6. The summed E-state index contributed by atoms with van der Waals surface area (Å²) in [6.45, 7) is 1.80. The van der Waals surface area contributed by atoms with Crippen LogP contribution in [-0.2, 0) is 22.1 Å². The van der Waals surface area contributed by atoms with Crippen LogP contribution in [0.5, 0.6) is 0 Å². The topological polar surface area (TPSA) is 109 Å². The van der Waals surface area contributed by atoms with Crippen molar-refractivity contribution in [2.45, 2.75) is 25.4 Å². The number of aryl methyl sites for hydroxylation is 2. The fourth-order valence-electron chi connectivity index (χ4n) is 2.97. The van der Waals surface area contributed by atoms with E-state index in [1.165, 1.54) is 13.2 Å². The molecule has 26 heavy (non-hydrogen) atoms. The van der Waals surface area contributed by atoms with Gasteiger partial charge in [-0.1, -0.05) is 11.6 Å². The van der Waals surface area contributed by atoms with Crippen molar-refractivity contribution in [2.75, 3.05) is 12.4 Å². The van der Waals surface area contributed by atoms with Crippen molar-refractivity contribution in [3.05, 3.63) is 40.9 Å². The van der Waals surface area contributed by atoms with Crippen LogP contribution >= 0.6 is 11.6 Å². The first-order valence-electron chi connectivity index (χ1n) is 7.86. The number of aromatic nitrogens is 3. The first kappa shape index (κ1) is 18.8. The van der Waals surface area contributed by atoms with Gasteiger partial charge in [0.25, 0.3) is 10.2 Å². The maximum atomic E-state index is 12.7. The molecule has 1 amide bonds. The fraction of sp³-hybridized carbons (Fsp3) is 0.400. The van der Waals surface area contributed by atoms with Crippen LogP contribution in [0.15, 0.2) is 24.5 Å². The number of hydrogen-bond acceptors (Lipinski definition) is 5. The predicted octanol–water partition coefficient (Wildman–Crippen LogP) is 0.995. The van der Waals surface area contributed by atoms with Gasteiger partial charge in [0.15, 0.2) is 5.15 Å². The lowest BCUT2D eigenvalue weighted by molar-refractivity contribution is -0.120. The number of carbonyl (C=O) groups excluding carboxylic acids is 1. The molecule has 3 rings (SSSR count). The minimum absolute atomic E-state index is 0.139. The second-order valence-corrected chi connectivity index (χ2v) is 8.24. The van der Waals surface area contributed by atoms with E-state index >= 15 is 0 Å². The number of pyridine rings is 1. The minimum atomic E-state index is -3.83. The highest BCUT2D eigenvalue weighted by Gasteiger charge is 2.41. The molecule has 0 unspecified atom stereocenters. The standard InChI is InChI=1S/C15H19ClN6O3S/c1-9-10(8-21(2)19-9)12-7-13(22(3)26(24,25)20-12)15(23)18-11-5-4-6-17-14(11)16/h4-6,8,12-13,20H,7H2,1-3H3,(H,18,23)/t12-,13-/m1/s1. The number of rotatable bonds is 3. The van der Waals surface area contributed by atoms with E-state index in [-0.39, 0.29) is 11.6 Å². The number of likely N-dealkylation sites (N-methyl/N-ethyl adjacent to an activating group) is 1. The van der Waals surface area contributed by atoms with Crippen LogP contribution in [0, 0.1) is 6.92 Å². The summed E-state index contributed by atoms with van der Waals surface area (Å²) in [5.41, 5.74) is 1.78. The zero-order chi connectivity index (χ0) is 19.1. The molecule has 1 aliphatic rings. The highest BCUT2D eigenvalue weighted by atomic mass is 35.5. The van der Waals surface area contributed by atoms with Gasteiger partial charge in [-0.25, -0.2) is 4.98 Å². The van der Waals surface area contributed by atoms with Crippen LogP contribution < -0.4 is 10.0 Å². The molecule has 3 heterocycles. The molecule has 1 fully saturated rings. The number of anilines is 1. The Morgan fingerprint density at radius 3 is 2.77 bits per heavy atom. The molecule has 1 saturated heterocycles. The molecule has 0 aromatic carbocycles. The SMILES string of the molecule is Cc1nn(C)cc1[C@H]1C[C@H](C(=O)Nc2cccnc2Cl)N(C)S(=O)(=O)N1. The van der Waals surface area contributed by atoms with Gasteiger partial charge in [-0.15, -0.1) is 0 Å². The molecule has 0 bridgehead atoms. The summed E-state index contributed by atoms with van der Waals surface area (Å²) in [6, 6.07) is 1.78. The molecule has 0 saturated carbocycles. The summed E-state index contributed by atoms with van der Waals surface area (Å²) in [7, 11) is -0.703. The van der Waals surface area contributed by atoms with Gasteiger partial charge in [-0.05, 0) is 25.5 Å². The van der Waals surface area contributed by atoms with Gasteiger partial charge in [0.05, 0.1) is 17.4 Å². The Balaban J connectivity index is 1.88. The van der Waals surface area contributed by atoms with Crippen molar-refractivity contribution in [3.63, 3.8) is 0 Å². The highest BCUT2D eigenvalue weighted by molar-refractivity contribution is 7.87. The lowest BCUT2D eigenvalue weighted by Gasteiger charge is -2.36. The molecular formula is C15H19ClN6O3S. The van der Waals surface area contributed by atoms with Crippen molar-refractivity contribution < 1.29 is 13.2 Å². The van der Waals surface area contributed by atoms with E-state index in [4.69, 9.17) is 11.6 Å². The second-order valence-electron chi connectivity index (χ2n) is 6.12. The molecule has 1 aliphatic heterocycles. The van der Waals surface area contributed by atoms with Gasteiger partial charge in [-0.2, -0.15) is 22.5 Å². The average Bonchev–Trinajstić information content (AvgIpc) is 2.90. The third kappa shape index (κ3) is 3.58. The molecule has 2 N–H and O–H groups in total. The van der Waals surface area contributed by atoms with E-state index in [2.05, 4.69) is 20.1 Å². The highest BCUT2D eigenvalue weighted by Crippen LogP contribution is 2.30. The molecule has 2 atom stereocenters. The monoisotopic (exact) mass is 398 g/mol. The molecular weight excluding hydrogens is 380 g/mol. The maximum absolute atomic E-state index is 12.7. The molecule has 9 nitrogen and oxygen atoms in total. The zero-order valence-electron chi connectivity index (χ0n) is 14.5. The number of amides is 1. The van der Waals surface area contributed by atoms with Crippen LogP contribution in [0.4, 0.5) is 5.69 Å². The number of carbonyl (C=O) groups is 1. The van der Waals surface area contributed by atoms with E-state index in [1.54, 1.807) is 37.0 Å². The van der Waals surface area contributed by atoms with E-state index < -0.39 is 28.2 Å². The van der Waals surface area contributed by atoms with Crippen molar-refractivity contribution in [2.24, 2.45) is 7.05 Å². The molecule has 2 aromatic heterocycles. The van der Waals surface area contributed by atoms with Crippen LogP contribution in [0.3, 0.4) is 0 Å². The van der Waals surface area contributed by atoms with Gasteiger partial charge < -0.3 is 5.32 Å². The number of nitrogens with one attached hydrogen (secondary N) is 2. The Morgan fingerprint density at radius 1 is 1.42 bits per heavy atom. The minimum Gasteiger partial charge on any atom is -0.322 e. The van der Waals surface area contributed by atoms with Crippen LogP contribution in [0.1, 0.15) is 23.7 Å². The van der Waals surface area contributed by atoms with E-state index in [0.717, 1.165) is 9.87 Å². The Hall–Kier alpha value is -2.01. The summed E-state index contributed by atoms with van der Waals surface area (Å²) < 4.78 is 30.2. The first-order valence-corrected chi connectivity index (χ1v) is 9.67. The normalized spacial score (nSPS) is 22.9. The van der Waals surface area contributed by atoms with Crippen molar-refractivity contribution in [1.82, 2.24) is 23.8 Å². The van der Waals surface area contributed by atoms with E-state index in [9.17, 15) is 13.2 Å². The second kappa shape index (κ2) is 6.95. The number of halogens is 1. The van der Waals surface area contributed by atoms with Crippen LogP contribution in [0.2, 0.25) is 5.15 Å². The summed E-state index contributed by atoms with van der Waals surface area (Å²) in [5, 5.41) is 7.03. The Morgan fingerprint density at radius 2 is 2.15 bits per heavy atom. The van der Waals surface area contributed by atoms with Crippen LogP contribution in [0.25, 0.3) is 0 Å². The third-order valence-corrected chi connectivity index (χ3v) is 6.21. The molecule has 0 aliphatic carbocycles. The Kier molecular flexibility index (Phi) is 5.02. The maximum Gasteiger partial charge on any atom is 0.280 e. The molecule has 0 spiro atoms. The third-order valence-electron chi connectivity index (χ3n) is 4.31. The van der Waals surface area contributed by atoms with Gasteiger partial charge >= 0.3 is 0 Å². The van der Waals surface area contributed by atoms with E-state index in [0.29, 0.717) is 11.4 Å². The van der Waals surface area contributed by atoms with Gasteiger partial charge in [0, 0.05) is 32.1 Å². The molecule has 11 heteroatoms. The quantitative estimate of drug-likeness (QED) is 0.749. The van der Waals surface area contributed by atoms with Crippen molar-refractivity contribution >= 4 is 33.4 Å². The van der Waals surface area contributed by atoms with Gasteiger partial charge in [0.1, 0.15) is 6.04 Å². The number of nitrogens with zero attached hydrogens (tertiary/aromatic N) is 4. The average molecular weight is 399 g/mol. The van der Waals surface area contributed by atoms with Gasteiger partial charge in [0.2, 0.25) is 5.91 Å². The zero-order valence-corrected chi connectivity index (χ0v) is 16.0. The molecule has 0 radical (unpaired) electrons. The lowest BCUT2D eigenvalue weighted by Crippen LogP contribution is -2.56. The molecule has 2 aromatic rings.